The van der Waals surface area contributed by atoms with Crippen molar-refractivity contribution in [3.8, 4) is 0 Å². The first-order valence-electron chi connectivity index (χ1n) is 8.15. The molecule has 1 aromatic heterocycles. The van der Waals surface area contributed by atoms with Gasteiger partial charge in [0.25, 0.3) is 0 Å². The summed E-state index contributed by atoms with van der Waals surface area (Å²) < 4.78 is 24.1. The number of hydrogen-bond donors (Lipinski definition) is 1. The van der Waals surface area contributed by atoms with Crippen LogP contribution in [0.5, 0.6) is 0 Å². The third-order valence-corrected chi connectivity index (χ3v) is 7.99. The second-order valence-corrected chi connectivity index (χ2v) is 11.0. The van der Waals surface area contributed by atoms with Gasteiger partial charge in [-0.1, -0.05) is 23.1 Å². The van der Waals surface area contributed by atoms with E-state index in [4.69, 9.17) is 0 Å². The first-order chi connectivity index (χ1) is 11.4. The predicted molar refractivity (Wildman–Crippen MR) is 96.3 cm³/mol. The van der Waals surface area contributed by atoms with Crippen LogP contribution in [-0.4, -0.2) is 64.8 Å². The molecule has 1 N–H and O–H groups in total. The van der Waals surface area contributed by atoms with Crippen molar-refractivity contribution >= 4 is 44.0 Å². The summed E-state index contributed by atoms with van der Waals surface area (Å²) in [7, 11) is -3.00. The van der Waals surface area contributed by atoms with Crippen LogP contribution >= 0.6 is 23.1 Å². The zero-order valence-electron chi connectivity index (χ0n) is 13.8. The number of thioether (sulfide) groups is 1. The minimum atomic E-state index is -3.00. The third-order valence-electron chi connectivity index (χ3n) is 4.21. The summed E-state index contributed by atoms with van der Waals surface area (Å²) in [5.41, 5.74) is 0. The van der Waals surface area contributed by atoms with E-state index in [0.29, 0.717) is 19.0 Å². The number of carbonyl (C=O) groups is 1. The van der Waals surface area contributed by atoms with Crippen molar-refractivity contribution in [2.45, 2.75) is 54.8 Å². The van der Waals surface area contributed by atoms with Gasteiger partial charge in [0.1, 0.15) is 0 Å². The average Bonchev–Trinajstić information content (AvgIpc) is 3.11. The molecule has 0 radical (unpaired) electrons. The molecule has 1 saturated carbocycles. The normalized spacial score (nSPS) is 23.8. The summed E-state index contributed by atoms with van der Waals surface area (Å²) in [5.74, 6) is 0.227. The molecule has 10 heteroatoms. The summed E-state index contributed by atoms with van der Waals surface area (Å²) in [6.07, 6.45) is 2.88. The van der Waals surface area contributed by atoms with Crippen molar-refractivity contribution in [3.63, 3.8) is 0 Å². The number of anilines is 1. The van der Waals surface area contributed by atoms with Crippen LogP contribution in [-0.2, 0) is 14.6 Å². The van der Waals surface area contributed by atoms with E-state index in [-0.39, 0.29) is 28.7 Å². The third kappa shape index (κ3) is 4.40. The Hall–Kier alpha value is -0.870. The molecule has 24 heavy (non-hydrogen) atoms. The molecule has 0 aromatic carbocycles. The maximum atomic E-state index is 12.7. The highest BCUT2D eigenvalue weighted by Crippen LogP contribution is 2.33. The Balaban J connectivity index is 1.59. The van der Waals surface area contributed by atoms with Gasteiger partial charge >= 0.3 is 0 Å². The van der Waals surface area contributed by atoms with Gasteiger partial charge in [0.2, 0.25) is 11.0 Å². The van der Waals surface area contributed by atoms with E-state index in [0.717, 1.165) is 9.47 Å². The van der Waals surface area contributed by atoms with Crippen LogP contribution in [0, 0.1) is 0 Å². The molecule has 0 unspecified atom stereocenters. The Morgan fingerprint density at radius 2 is 2.17 bits per heavy atom. The monoisotopic (exact) mass is 390 g/mol. The standard InChI is InChI=1S/C14H22N4O3S3/c1-3-18(11-6-7-24(20,21)8-11)12(19)9(2)22-14-17-16-13(23-14)15-10-4-5-10/h9-11H,3-8H2,1-2H3,(H,15,16)/t9-,11+/m1/s1. The Kier molecular flexibility index (Phi) is 5.36. The smallest absolute Gasteiger partial charge is 0.236 e. The Morgan fingerprint density at radius 1 is 1.42 bits per heavy atom. The van der Waals surface area contributed by atoms with Gasteiger partial charge in [-0.05, 0) is 33.1 Å². The van der Waals surface area contributed by atoms with Crippen LogP contribution in [0.2, 0.25) is 0 Å². The Morgan fingerprint density at radius 3 is 2.75 bits per heavy atom. The molecule has 2 atom stereocenters. The van der Waals surface area contributed by atoms with E-state index in [1.165, 1.54) is 35.9 Å². The Bertz CT molecular complexity index is 702. The minimum Gasteiger partial charge on any atom is -0.357 e. The quantitative estimate of drug-likeness (QED) is 0.707. The lowest BCUT2D eigenvalue weighted by atomic mass is 10.2. The van der Waals surface area contributed by atoms with Crippen LogP contribution in [0.25, 0.3) is 0 Å². The maximum Gasteiger partial charge on any atom is 0.236 e. The fraction of sp³-hybridized carbons (Fsp3) is 0.786. The zero-order valence-corrected chi connectivity index (χ0v) is 16.2. The number of hydrogen-bond acceptors (Lipinski definition) is 8. The number of nitrogens with one attached hydrogen (secondary N) is 1. The molecule has 3 rings (SSSR count). The van der Waals surface area contributed by atoms with E-state index in [9.17, 15) is 13.2 Å². The van der Waals surface area contributed by atoms with Crippen LogP contribution in [0.3, 0.4) is 0 Å². The molecule has 2 aliphatic rings. The first-order valence-corrected chi connectivity index (χ1v) is 11.7. The molecule has 1 aliphatic heterocycles. The summed E-state index contributed by atoms with van der Waals surface area (Å²) >= 11 is 2.85. The fourth-order valence-corrected chi connectivity index (χ4v) is 6.54. The molecule has 134 valence electrons. The lowest BCUT2D eigenvalue weighted by Crippen LogP contribution is -2.44. The van der Waals surface area contributed by atoms with Gasteiger partial charge in [-0.25, -0.2) is 8.42 Å². The Labute approximate surface area is 150 Å². The van der Waals surface area contributed by atoms with Crippen molar-refractivity contribution < 1.29 is 13.2 Å². The van der Waals surface area contributed by atoms with Gasteiger partial charge < -0.3 is 10.2 Å². The molecule has 1 aliphatic carbocycles. The van der Waals surface area contributed by atoms with Crippen molar-refractivity contribution in [2.24, 2.45) is 0 Å². The number of aromatic nitrogens is 2. The second kappa shape index (κ2) is 7.17. The zero-order chi connectivity index (χ0) is 17.3. The van der Waals surface area contributed by atoms with Gasteiger partial charge in [-0.2, -0.15) is 0 Å². The molecular weight excluding hydrogens is 368 g/mol. The van der Waals surface area contributed by atoms with Gasteiger partial charge in [-0.3, -0.25) is 4.79 Å². The van der Waals surface area contributed by atoms with E-state index in [1.54, 1.807) is 4.90 Å². The van der Waals surface area contributed by atoms with Crippen molar-refractivity contribution in [1.82, 2.24) is 15.1 Å². The summed E-state index contributed by atoms with van der Waals surface area (Å²) in [5, 5.41) is 12.0. The van der Waals surface area contributed by atoms with E-state index in [2.05, 4.69) is 15.5 Å². The highest BCUT2D eigenvalue weighted by atomic mass is 32.2. The molecule has 0 bridgehead atoms. The highest BCUT2D eigenvalue weighted by molar-refractivity contribution is 8.02. The molecule has 2 heterocycles. The van der Waals surface area contributed by atoms with Gasteiger partial charge in [0, 0.05) is 18.6 Å². The van der Waals surface area contributed by atoms with E-state index in [1.807, 2.05) is 13.8 Å². The fourth-order valence-electron chi connectivity index (χ4n) is 2.77. The van der Waals surface area contributed by atoms with Crippen LogP contribution in [0.4, 0.5) is 5.13 Å². The van der Waals surface area contributed by atoms with E-state index >= 15 is 0 Å². The maximum absolute atomic E-state index is 12.7. The van der Waals surface area contributed by atoms with Gasteiger partial charge in [0.05, 0.1) is 16.8 Å². The second-order valence-electron chi connectivity index (χ2n) is 6.23. The largest absolute Gasteiger partial charge is 0.357 e. The summed E-state index contributed by atoms with van der Waals surface area (Å²) in [4.78, 5) is 14.4. The number of nitrogens with zero attached hydrogens (tertiary/aromatic N) is 3. The van der Waals surface area contributed by atoms with Crippen molar-refractivity contribution in [1.29, 1.82) is 0 Å². The molecule has 1 aromatic rings. The SMILES string of the molecule is CCN(C(=O)[C@@H](C)Sc1nnc(NC2CC2)s1)[C@H]1CCS(=O)(=O)C1. The lowest BCUT2D eigenvalue weighted by Gasteiger charge is -2.29. The predicted octanol–water partition coefficient (Wildman–Crippen LogP) is 1.63. The summed E-state index contributed by atoms with van der Waals surface area (Å²) in [6.45, 7) is 4.26. The molecule has 2 fully saturated rings. The number of amides is 1. The molecule has 0 spiro atoms. The highest BCUT2D eigenvalue weighted by Gasteiger charge is 2.35. The molecular formula is C14H22N4O3S3. The number of rotatable bonds is 7. The van der Waals surface area contributed by atoms with Gasteiger partial charge in [-0.15, -0.1) is 10.2 Å². The molecule has 7 nitrogen and oxygen atoms in total. The van der Waals surface area contributed by atoms with Crippen LogP contribution in [0.1, 0.15) is 33.1 Å². The van der Waals surface area contributed by atoms with Crippen LogP contribution < -0.4 is 5.32 Å². The first kappa shape index (κ1) is 17.9. The van der Waals surface area contributed by atoms with Gasteiger partial charge in [0.15, 0.2) is 14.2 Å². The average molecular weight is 391 g/mol. The number of carbonyl (C=O) groups excluding carboxylic acids is 1. The molecule has 1 saturated heterocycles. The number of sulfone groups is 1. The summed E-state index contributed by atoms with van der Waals surface area (Å²) in [6, 6.07) is 0.326. The lowest BCUT2D eigenvalue weighted by molar-refractivity contribution is -0.131. The van der Waals surface area contributed by atoms with E-state index < -0.39 is 9.84 Å². The van der Waals surface area contributed by atoms with Crippen molar-refractivity contribution in [3.05, 3.63) is 0 Å². The molecule has 1 amide bonds. The topological polar surface area (TPSA) is 92.3 Å². The van der Waals surface area contributed by atoms with Crippen molar-refractivity contribution in [2.75, 3.05) is 23.4 Å². The van der Waals surface area contributed by atoms with Crippen LogP contribution in [0.15, 0.2) is 4.34 Å². The minimum absolute atomic E-state index is 0.0310.